The number of nitrogens with two attached hydrogens (primary N) is 1. The van der Waals surface area contributed by atoms with E-state index in [1.165, 1.54) is 0 Å². The third-order valence-electron chi connectivity index (χ3n) is 2.23. The fourth-order valence-corrected chi connectivity index (χ4v) is 1.83. The molecule has 1 rings (SSSR count). The van der Waals surface area contributed by atoms with Crippen molar-refractivity contribution < 1.29 is 9.84 Å². The lowest BCUT2D eigenvalue weighted by atomic mass is 10.2. The summed E-state index contributed by atoms with van der Waals surface area (Å²) >= 11 is 6.05. The van der Waals surface area contributed by atoms with Crippen LogP contribution >= 0.6 is 11.6 Å². The van der Waals surface area contributed by atoms with Crippen LogP contribution in [0.4, 0.5) is 11.4 Å². The van der Waals surface area contributed by atoms with E-state index < -0.39 is 6.10 Å². The Morgan fingerprint density at radius 3 is 2.81 bits per heavy atom. The zero-order valence-electron chi connectivity index (χ0n) is 9.48. The molecule has 0 aliphatic rings. The molecule has 5 heteroatoms. The first-order valence-electron chi connectivity index (χ1n) is 4.97. The molecule has 4 nitrogen and oxygen atoms in total. The molecule has 0 aromatic heterocycles. The van der Waals surface area contributed by atoms with Crippen LogP contribution in [0.5, 0.6) is 0 Å². The number of likely N-dealkylation sites (N-methyl/N-ethyl adjacent to an activating group) is 1. The molecule has 0 spiro atoms. The summed E-state index contributed by atoms with van der Waals surface area (Å²) in [5.41, 5.74) is 7.07. The van der Waals surface area contributed by atoms with Gasteiger partial charge in [-0.15, -0.1) is 0 Å². The molecule has 0 radical (unpaired) electrons. The molecular formula is C11H17ClN2O2. The average Bonchev–Trinajstić information content (AvgIpc) is 2.17. The number of ether oxygens (including phenoxy) is 1. The molecule has 16 heavy (non-hydrogen) atoms. The third kappa shape index (κ3) is 3.56. The van der Waals surface area contributed by atoms with Crippen LogP contribution in [0.1, 0.15) is 0 Å². The smallest absolute Gasteiger partial charge is 0.0947 e. The van der Waals surface area contributed by atoms with E-state index >= 15 is 0 Å². The van der Waals surface area contributed by atoms with Gasteiger partial charge in [0.2, 0.25) is 0 Å². The zero-order valence-corrected chi connectivity index (χ0v) is 10.2. The van der Waals surface area contributed by atoms with Crippen molar-refractivity contribution >= 4 is 23.0 Å². The maximum Gasteiger partial charge on any atom is 0.0947 e. The fourth-order valence-electron chi connectivity index (χ4n) is 1.49. The Morgan fingerprint density at radius 2 is 2.25 bits per heavy atom. The molecule has 0 aliphatic carbocycles. The van der Waals surface area contributed by atoms with E-state index in [4.69, 9.17) is 22.1 Å². The predicted molar refractivity (Wildman–Crippen MR) is 67.0 cm³/mol. The van der Waals surface area contributed by atoms with Gasteiger partial charge in [-0.05, 0) is 18.2 Å². The highest BCUT2D eigenvalue weighted by atomic mass is 35.5. The van der Waals surface area contributed by atoms with E-state index in [1.807, 2.05) is 18.0 Å². The van der Waals surface area contributed by atoms with Gasteiger partial charge in [-0.3, -0.25) is 0 Å². The molecule has 0 heterocycles. The van der Waals surface area contributed by atoms with Gasteiger partial charge in [0.25, 0.3) is 0 Å². The van der Waals surface area contributed by atoms with Gasteiger partial charge in [0.05, 0.1) is 23.4 Å². The van der Waals surface area contributed by atoms with Gasteiger partial charge in [0, 0.05) is 26.4 Å². The molecule has 1 unspecified atom stereocenters. The number of hydrogen-bond acceptors (Lipinski definition) is 4. The molecule has 0 saturated heterocycles. The number of nitrogens with zero attached hydrogens (tertiary/aromatic N) is 1. The number of halogens is 1. The summed E-state index contributed by atoms with van der Waals surface area (Å²) in [4.78, 5) is 1.87. The van der Waals surface area contributed by atoms with Crippen molar-refractivity contribution in [1.82, 2.24) is 0 Å². The Hall–Kier alpha value is -0.970. The van der Waals surface area contributed by atoms with Crippen LogP contribution in [-0.2, 0) is 4.74 Å². The molecule has 1 aromatic carbocycles. The first-order chi connectivity index (χ1) is 7.54. The number of rotatable bonds is 5. The highest BCUT2D eigenvalue weighted by molar-refractivity contribution is 6.33. The molecule has 0 fully saturated rings. The Kier molecular flexibility index (Phi) is 4.86. The molecule has 0 saturated carbocycles. The number of hydrogen-bond donors (Lipinski definition) is 2. The molecule has 0 amide bonds. The van der Waals surface area contributed by atoms with Crippen molar-refractivity contribution in [3.05, 3.63) is 23.2 Å². The highest BCUT2D eigenvalue weighted by Crippen LogP contribution is 2.26. The van der Waals surface area contributed by atoms with Gasteiger partial charge >= 0.3 is 0 Å². The summed E-state index contributed by atoms with van der Waals surface area (Å²) in [6, 6.07) is 5.30. The van der Waals surface area contributed by atoms with Crippen molar-refractivity contribution in [3.63, 3.8) is 0 Å². The van der Waals surface area contributed by atoms with Crippen LogP contribution in [0.15, 0.2) is 18.2 Å². The second-order valence-corrected chi connectivity index (χ2v) is 4.11. The molecule has 0 bridgehead atoms. The minimum atomic E-state index is -0.538. The third-order valence-corrected chi connectivity index (χ3v) is 2.53. The minimum Gasteiger partial charge on any atom is -0.399 e. The van der Waals surface area contributed by atoms with Crippen molar-refractivity contribution in [2.45, 2.75) is 6.10 Å². The van der Waals surface area contributed by atoms with Crippen LogP contribution in [0.25, 0.3) is 0 Å². The first-order valence-corrected chi connectivity index (χ1v) is 5.35. The lowest BCUT2D eigenvalue weighted by molar-refractivity contribution is 0.0695. The van der Waals surface area contributed by atoms with Crippen molar-refractivity contribution in [2.75, 3.05) is 37.9 Å². The number of aliphatic hydroxyl groups is 1. The van der Waals surface area contributed by atoms with Gasteiger partial charge in [0.15, 0.2) is 0 Å². The maximum atomic E-state index is 9.59. The quantitative estimate of drug-likeness (QED) is 0.768. The standard InChI is InChI=1S/C11H17ClN2O2/c1-14(6-9(15)7-16-2)11-4-3-8(13)5-10(11)12/h3-5,9,15H,6-7,13H2,1-2H3. The van der Waals surface area contributed by atoms with E-state index in [-0.39, 0.29) is 0 Å². The number of methoxy groups -OCH3 is 1. The van der Waals surface area contributed by atoms with E-state index in [0.717, 1.165) is 5.69 Å². The van der Waals surface area contributed by atoms with Crippen molar-refractivity contribution in [3.8, 4) is 0 Å². The Labute approximate surface area is 101 Å². The second-order valence-electron chi connectivity index (χ2n) is 3.70. The van der Waals surface area contributed by atoms with Crippen LogP contribution in [0, 0.1) is 0 Å². The molecule has 1 atom stereocenters. The summed E-state index contributed by atoms with van der Waals surface area (Å²) in [7, 11) is 3.41. The number of anilines is 2. The summed E-state index contributed by atoms with van der Waals surface area (Å²) < 4.78 is 4.86. The summed E-state index contributed by atoms with van der Waals surface area (Å²) in [5.74, 6) is 0. The predicted octanol–water partition coefficient (Wildman–Crippen LogP) is 1.37. The van der Waals surface area contributed by atoms with Crippen molar-refractivity contribution in [1.29, 1.82) is 0 Å². The lowest BCUT2D eigenvalue weighted by Crippen LogP contribution is -2.32. The Balaban J connectivity index is 2.69. The summed E-state index contributed by atoms with van der Waals surface area (Å²) in [6.45, 7) is 0.758. The summed E-state index contributed by atoms with van der Waals surface area (Å²) in [5, 5.41) is 10.2. The van der Waals surface area contributed by atoms with Crippen LogP contribution in [0.3, 0.4) is 0 Å². The largest absolute Gasteiger partial charge is 0.399 e. The van der Waals surface area contributed by atoms with E-state index in [1.54, 1.807) is 19.2 Å². The van der Waals surface area contributed by atoms with Gasteiger partial charge < -0.3 is 20.5 Å². The van der Waals surface area contributed by atoms with Gasteiger partial charge in [-0.2, -0.15) is 0 Å². The number of nitrogen functional groups attached to an aromatic ring is 1. The first kappa shape index (κ1) is 13.1. The zero-order chi connectivity index (χ0) is 12.1. The highest BCUT2D eigenvalue weighted by Gasteiger charge is 2.11. The number of benzene rings is 1. The Morgan fingerprint density at radius 1 is 1.56 bits per heavy atom. The lowest BCUT2D eigenvalue weighted by Gasteiger charge is -2.23. The second kappa shape index (κ2) is 5.94. The Bertz CT molecular complexity index is 347. The molecule has 1 aromatic rings. The fraction of sp³-hybridized carbons (Fsp3) is 0.455. The van der Waals surface area contributed by atoms with Crippen LogP contribution in [-0.4, -0.2) is 38.5 Å². The number of aliphatic hydroxyl groups excluding tert-OH is 1. The SMILES string of the molecule is COCC(O)CN(C)c1ccc(N)cc1Cl. The molecule has 0 aliphatic heterocycles. The van der Waals surface area contributed by atoms with Gasteiger partial charge in [-0.1, -0.05) is 11.6 Å². The van der Waals surface area contributed by atoms with Crippen LogP contribution < -0.4 is 10.6 Å². The van der Waals surface area contributed by atoms with E-state index in [2.05, 4.69) is 0 Å². The monoisotopic (exact) mass is 244 g/mol. The summed E-state index contributed by atoms with van der Waals surface area (Å²) in [6.07, 6.45) is -0.538. The van der Waals surface area contributed by atoms with E-state index in [9.17, 15) is 5.11 Å². The minimum absolute atomic E-state index is 0.303. The molecule has 90 valence electrons. The maximum absolute atomic E-state index is 9.59. The van der Waals surface area contributed by atoms with Gasteiger partial charge in [0.1, 0.15) is 0 Å². The van der Waals surface area contributed by atoms with E-state index in [0.29, 0.717) is 23.9 Å². The average molecular weight is 245 g/mol. The van der Waals surface area contributed by atoms with Gasteiger partial charge in [-0.25, -0.2) is 0 Å². The molecular weight excluding hydrogens is 228 g/mol. The van der Waals surface area contributed by atoms with Crippen molar-refractivity contribution in [2.24, 2.45) is 0 Å². The topological polar surface area (TPSA) is 58.7 Å². The molecule has 3 N–H and O–H groups in total. The normalized spacial score (nSPS) is 12.5. The van der Waals surface area contributed by atoms with Crippen LogP contribution in [0.2, 0.25) is 5.02 Å².